The highest BCUT2D eigenvalue weighted by atomic mass is 35.5. The lowest BCUT2D eigenvalue weighted by molar-refractivity contribution is -0.127. The summed E-state index contributed by atoms with van der Waals surface area (Å²) in [6.45, 7) is 3.51. The number of amides is 2. The molecule has 2 atom stereocenters. The minimum Gasteiger partial charge on any atom is -0.348 e. The molecule has 2 amide bonds. The molecule has 0 aliphatic rings. The SMILES string of the molecule is C[C@H](NC(=O)[C@@H](C)N(C)CC(=O)Nc1c(Cl)cccc1Cl)c1ccc(Cl)cc1Cl. The number of hydrogen-bond donors (Lipinski definition) is 2. The molecule has 2 rings (SSSR count). The van der Waals surface area contributed by atoms with Crippen LogP contribution in [0.1, 0.15) is 25.5 Å². The van der Waals surface area contributed by atoms with Gasteiger partial charge in [0.25, 0.3) is 0 Å². The largest absolute Gasteiger partial charge is 0.348 e. The third-order valence-electron chi connectivity index (χ3n) is 4.45. The second kappa shape index (κ2) is 10.5. The Kier molecular flexibility index (Phi) is 8.61. The maximum atomic E-state index is 12.6. The van der Waals surface area contributed by atoms with Crippen LogP contribution in [0.25, 0.3) is 0 Å². The van der Waals surface area contributed by atoms with Gasteiger partial charge < -0.3 is 10.6 Å². The molecular formula is C20H21Cl4N3O2. The summed E-state index contributed by atoms with van der Waals surface area (Å²) < 4.78 is 0. The molecular weight excluding hydrogens is 456 g/mol. The van der Waals surface area contributed by atoms with E-state index >= 15 is 0 Å². The predicted molar refractivity (Wildman–Crippen MR) is 120 cm³/mol. The van der Waals surface area contributed by atoms with Gasteiger partial charge in [-0.2, -0.15) is 0 Å². The molecule has 156 valence electrons. The van der Waals surface area contributed by atoms with Gasteiger partial charge in [0.1, 0.15) is 0 Å². The molecule has 0 heterocycles. The standard InChI is InChI=1S/C20H21Cl4N3O2/c1-11(14-8-7-13(21)9-17(14)24)25-20(29)12(2)27(3)10-18(28)26-19-15(22)5-4-6-16(19)23/h4-9,11-12H,10H2,1-3H3,(H,25,29)(H,26,28)/t11-,12+/m0/s1. The zero-order chi connectivity index (χ0) is 21.7. The van der Waals surface area contributed by atoms with Crippen LogP contribution in [0.2, 0.25) is 20.1 Å². The van der Waals surface area contributed by atoms with Gasteiger partial charge >= 0.3 is 0 Å². The summed E-state index contributed by atoms with van der Waals surface area (Å²) in [5.74, 6) is -0.578. The van der Waals surface area contributed by atoms with E-state index in [1.54, 1.807) is 55.3 Å². The van der Waals surface area contributed by atoms with Crippen LogP contribution in [0.4, 0.5) is 5.69 Å². The summed E-state index contributed by atoms with van der Waals surface area (Å²) in [6.07, 6.45) is 0. The van der Waals surface area contributed by atoms with Gasteiger partial charge in [-0.05, 0) is 50.7 Å². The van der Waals surface area contributed by atoms with Crippen molar-refractivity contribution in [1.82, 2.24) is 10.2 Å². The van der Waals surface area contributed by atoms with E-state index in [9.17, 15) is 9.59 Å². The molecule has 0 aliphatic carbocycles. The van der Waals surface area contributed by atoms with E-state index in [4.69, 9.17) is 46.4 Å². The molecule has 0 fully saturated rings. The van der Waals surface area contributed by atoms with Crippen molar-refractivity contribution < 1.29 is 9.59 Å². The lowest BCUT2D eigenvalue weighted by atomic mass is 10.1. The van der Waals surface area contributed by atoms with Crippen LogP contribution < -0.4 is 10.6 Å². The van der Waals surface area contributed by atoms with Crippen molar-refractivity contribution in [1.29, 1.82) is 0 Å². The quantitative estimate of drug-likeness (QED) is 0.559. The van der Waals surface area contributed by atoms with Crippen molar-refractivity contribution in [2.45, 2.75) is 25.9 Å². The van der Waals surface area contributed by atoms with E-state index in [1.165, 1.54) is 0 Å². The Morgan fingerprint density at radius 1 is 1.00 bits per heavy atom. The molecule has 29 heavy (non-hydrogen) atoms. The molecule has 9 heteroatoms. The molecule has 0 spiro atoms. The van der Waals surface area contributed by atoms with Crippen LogP contribution in [0.5, 0.6) is 0 Å². The first-order chi connectivity index (χ1) is 13.6. The van der Waals surface area contributed by atoms with Crippen LogP contribution >= 0.6 is 46.4 Å². The maximum Gasteiger partial charge on any atom is 0.238 e. The number of carbonyl (C=O) groups is 2. The monoisotopic (exact) mass is 475 g/mol. The Morgan fingerprint density at radius 2 is 1.62 bits per heavy atom. The van der Waals surface area contributed by atoms with E-state index in [-0.39, 0.29) is 24.4 Å². The number of likely N-dealkylation sites (N-methyl/N-ethyl adjacent to an activating group) is 1. The summed E-state index contributed by atoms with van der Waals surface area (Å²) in [4.78, 5) is 26.6. The van der Waals surface area contributed by atoms with Gasteiger partial charge in [0, 0.05) is 10.0 Å². The first kappa shape index (κ1) is 23.8. The molecule has 0 radical (unpaired) electrons. The number of halogens is 4. The maximum absolute atomic E-state index is 12.6. The van der Waals surface area contributed by atoms with E-state index in [2.05, 4.69) is 10.6 Å². The van der Waals surface area contributed by atoms with Crippen LogP contribution in [0, 0.1) is 0 Å². The van der Waals surface area contributed by atoms with Gasteiger partial charge in [0.15, 0.2) is 0 Å². The van der Waals surface area contributed by atoms with Gasteiger partial charge in [0.05, 0.1) is 34.4 Å². The molecule has 0 aliphatic heterocycles. The highest BCUT2D eigenvalue weighted by molar-refractivity contribution is 6.39. The summed E-state index contributed by atoms with van der Waals surface area (Å²) in [5.41, 5.74) is 1.10. The summed E-state index contributed by atoms with van der Waals surface area (Å²) in [5, 5.41) is 7.25. The van der Waals surface area contributed by atoms with E-state index in [0.717, 1.165) is 5.56 Å². The molecule has 0 aromatic heterocycles. The fourth-order valence-corrected chi connectivity index (χ4v) is 3.69. The van der Waals surface area contributed by atoms with Crippen LogP contribution in [0.3, 0.4) is 0 Å². The second-order valence-corrected chi connectivity index (χ2v) is 8.29. The third kappa shape index (κ3) is 6.49. The van der Waals surface area contributed by atoms with Crippen LogP contribution in [0.15, 0.2) is 36.4 Å². The minimum atomic E-state index is -0.559. The number of nitrogens with zero attached hydrogens (tertiary/aromatic N) is 1. The first-order valence-electron chi connectivity index (χ1n) is 8.79. The first-order valence-corrected chi connectivity index (χ1v) is 10.3. The molecule has 2 N–H and O–H groups in total. The lowest BCUT2D eigenvalue weighted by Gasteiger charge is -2.25. The average Bonchev–Trinajstić information content (AvgIpc) is 2.63. The Balaban J connectivity index is 1.95. The highest BCUT2D eigenvalue weighted by Gasteiger charge is 2.23. The van der Waals surface area contributed by atoms with Gasteiger partial charge in [0.2, 0.25) is 11.8 Å². The molecule has 0 saturated heterocycles. The van der Waals surface area contributed by atoms with Crippen molar-refractivity contribution in [2.24, 2.45) is 0 Å². The number of benzene rings is 2. The highest BCUT2D eigenvalue weighted by Crippen LogP contribution is 2.30. The molecule has 5 nitrogen and oxygen atoms in total. The molecule has 0 unspecified atom stereocenters. The Labute approximate surface area is 190 Å². The van der Waals surface area contributed by atoms with Crippen molar-refractivity contribution >= 4 is 63.9 Å². The van der Waals surface area contributed by atoms with Crippen molar-refractivity contribution in [3.63, 3.8) is 0 Å². The van der Waals surface area contributed by atoms with Crippen LogP contribution in [-0.2, 0) is 9.59 Å². The van der Waals surface area contributed by atoms with Gasteiger partial charge in [-0.25, -0.2) is 0 Å². The summed E-state index contributed by atoms with van der Waals surface area (Å²) in [7, 11) is 1.68. The summed E-state index contributed by atoms with van der Waals surface area (Å²) >= 11 is 24.2. The third-order valence-corrected chi connectivity index (χ3v) is 5.64. The number of anilines is 1. The van der Waals surface area contributed by atoms with E-state index < -0.39 is 6.04 Å². The van der Waals surface area contributed by atoms with Crippen molar-refractivity contribution in [3.8, 4) is 0 Å². The number of nitrogens with one attached hydrogen (secondary N) is 2. The smallest absolute Gasteiger partial charge is 0.238 e. The number of carbonyl (C=O) groups excluding carboxylic acids is 2. The fraction of sp³-hybridized carbons (Fsp3) is 0.300. The Bertz CT molecular complexity index is 887. The minimum absolute atomic E-state index is 0.0216. The normalized spacial score (nSPS) is 13.1. The van der Waals surface area contributed by atoms with E-state index in [0.29, 0.717) is 25.8 Å². The van der Waals surface area contributed by atoms with Crippen molar-refractivity contribution in [3.05, 3.63) is 62.1 Å². The zero-order valence-electron chi connectivity index (χ0n) is 16.1. The number of hydrogen-bond acceptors (Lipinski definition) is 3. The average molecular weight is 477 g/mol. The van der Waals surface area contributed by atoms with Crippen molar-refractivity contribution in [2.75, 3.05) is 18.9 Å². The van der Waals surface area contributed by atoms with Gasteiger partial charge in [-0.1, -0.05) is 58.5 Å². The zero-order valence-corrected chi connectivity index (χ0v) is 19.1. The van der Waals surface area contributed by atoms with Gasteiger partial charge in [-0.3, -0.25) is 14.5 Å². The molecule has 2 aromatic rings. The summed E-state index contributed by atoms with van der Waals surface area (Å²) in [6, 6.07) is 9.18. The molecule has 0 saturated carbocycles. The van der Waals surface area contributed by atoms with E-state index in [1.807, 2.05) is 6.92 Å². The van der Waals surface area contributed by atoms with Crippen LogP contribution in [-0.4, -0.2) is 36.3 Å². The topological polar surface area (TPSA) is 61.4 Å². The Morgan fingerprint density at radius 3 is 2.21 bits per heavy atom. The molecule has 2 aromatic carbocycles. The lowest BCUT2D eigenvalue weighted by Crippen LogP contribution is -2.46. The number of rotatable bonds is 7. The fourth-order valence-electron chi connectivity index (χ4n) is 2.62. The Hall–Kier alpha value is -1.50. The number of para-hydroxylation sites is 1. The second-order valence-electron chi connectivity index (χ2n) is 6.63. The molecule has 0 bridgehead atoms. The van der Waals surface area contributed by atoms with Gasteiger partial charge in [-0.15, -0.1) is 0 Å². The predicted octanol–water partition coefficient (Wildman–Crippen LogP) is 5.44.